The Hall–Kier alpha value is -3.42. The molecule has 3 aromatic rings. The van der Waals surface area contributed by atoms with Gasteiger partial charge in [0.15, 0.2) is 0 Å². The van der Waals surface area contributed by atoms with E-state index >= 15 is 0 Å². The summed E-state index contributed by atoms with van der Waals surface area (Å²) in [5, 5.41) is 10.8. The van der Waals surface area contributed by atoms with Crippen molar-refractivity contribution in [1.82, 2.24) is 4.98 Å². The summed E-state index contributed by atoms with van der Waals surface area (Å²) < 4.78 is 45.9. The lowest BCUT2D eigenvalue weighted by atomic mass is 10.0. The molecule has 0 aliphatic heterocycles. The van der Waals surface area contributed by atoms with E-state index in [1.54, 1.807) is 12.1 Å². The van der Waals surface area contributed by atoms with Gasteiger partial charge >= 0.3 is 6.18 Å². The average molecular weight is 388 g/mol. The number of rotatable bonds is 5. The number of halogens is 3. The van der Waals surface area contributed by atoms with Crippen molar-refractivity contribution in [2.45, 2.75) is 19.2 Å². The van der Waals surface area contributed by atoms with E-state index in [0.29, 0.717) is 0 Å². The first-order chi connectivity index (χ1) is 13.3. The van der Waals surface area contributed by atoms with Gasteiger partial charge in [-0.2, -0.15) is 13.2 Å². The number of hydrogen-bond acceptors (Lipinski definition) is 4. The van der Waals surface area contributed by atoms with Crippen LogP contribution in [0.15, 0.2) is 66.9 Å². The molecule has 5 nitrogen and oxygen atoms in total. The van der Waals surface area contributed by atoms with Gasteiger partial charge in [0.1, 0.15) is 6.20 Å². The Kier molecular flexibility index (Phi) is 5.30. The molecule has 3 rings (SSSR count). The highest BCUT2D eigenvalue weighted by atomic mass is 19.4. The van der Waals surface area contributed by atoms with E-state index in [1.807, 2.05) is 30.3 Å². The standard InChI is InChI=1S/C20H15F3N2O3/c1-13-11-17(25(26)27)12-24-19(13)28-18(20(21,22)23)16-9-7-15(8-10-16)14-5-3-2-4-6-14/h2-12,18H,1H3. The predicted molar refractivity (Wildman–Crippen MR) is 96.9 cm³/mol. The molecule has 0 radical (unpaired) electrons. The van der Waals surface area contributed by atoms with Crippen LogP contribution in [-0.4, -0.2) is 16.1 Å². The van der Waals surface area contributed by atoms with E-state index in [-0.39, 0.29) is 22.7 Å². The van der Waals surface area contributed by atoms with Gasteiger partial charge in [0.2, 0.25) is 12.0 Å². The summed E-state index contributed by atoms with van der Waals surface area (Å²) in [6, 6.07) is 16.2. The van der Waals surface area contributed by atoms with Crippen LogP contribution >= 0.6 is 0 Å². The van der Waals surface area contributed by atoms with Gasteiger partial charge in [-0.3, -0.25) is 10.1 Å². The van der Waals surface area contributed by atoms with Crippen molar-refractivity contribution in [3.05, 3.63) is 88.1 Å². The largest absolute Gasteiger partial charge is 0.459 e. The average Bonchev–Trinajstić information content (AvgIpc) is 2.67. The van der Waals surface area contributed by atoms with Gasteiger partial charge in [-0.25, -0.2) is 4.98 Å². The number of nitrogens with zero attached hydrogens (tertiary/aromatic N) is 2. The molecule has 0 aliphatic carbocycles. The van der Waals surface area contributed by atoms with Crippen molar-refractivity contribution in [2.24, 2.45) is 0 Å². The molecule has 1 unspecified atom stereocenters. The van der Waals surface area contributed by atoms with Crippen LogP contribution in [0.4, 0.5) is 18.9 Å². The molecule has 144 valence electrons. The van der Waals surface area contributed by atoms with Crippen molar-refractivity contribution in [3.8, 4) is 17.0 Å². The van der Waals surface area contributed by atoms with Gasteiger partial charge in [0, 0.05) is 17.2 Å². The monoisotopic (exact) mass is 388 g/mol. The minimum atomic E-state index is -4.69. The summed E-state index contributed by atoms with van der Waals surface area (Å²) in [6.07, 6.45) is -6.07. The Labute approximate surface area is 158 Å². The molecule has 0 bridgehead atoms. The van der Waals surface area contributed by atoms with E-state index in [1.165, 1.54) is 19.1 Å². The van der Waals surface area contributed by atoms with Crippen molar-refractivity contribution in [3.63, 3.8) is 0 Å². The van der Waals surface area contributed by atoms with E-state index in [9.17, 15) is 23.3 Å². The fourth-order valence-electron chi connectivity index (χ4n) is 2.69. The molecule has 2 aromatic carbocycles. The minimum Gasteiger partial charge on any atom is -0.459 e. The van der Waals surface area contributed by atoms with Crippen LogP contribution in [0.5, 0.6) is 5.88 Å². The third kappa shape index (κ3) is 4.28. The van der Waals surface area contributed by atoms with Crippen LogP contribution in [0.3, 0.4) is 0 Å². The van der Waals surface area contributed by atoms with Crippen LogP contribution in [0, 0.1) is 17.0 Å². The number of ether oxygens (including phenoxy) is 1. The van der Waals surface area contributed by atoms with Crippen molar-refractivity contribution in [2.75, 3.05) is 0 Å². The number of aromatic nitrogens is 1. The van der Waals surface area contributed by atoms with Crippen LogP contribution in [-0.2, 0) is 0 Å². The summed E-state index contributed by atoms with van der Waals surface area (Å²) in [4.78, 5) is 13.8. The van der Waals surface area contributed by atoms with Gasteiger partial charge in [0.05, 0.1) is 4.92 Å². The van der Waals surface area contributed by atoms with E-state index in [2.05, 4.69) is 4.98 Å². The summed E-state index contributed by atoms with van der Waals surface area (Å²) >= 11 is 0. The highest BCUT2D eigenvalue weighted by Crippen LogP contribution is 2.38. The number of benzene rings is 2. The van der Waals surface area contributed by atoms with E-state index < -0.39 is 17.2 Å². The predicted octanol–water partition coefficient (Wildman–Crippen LogP) is 5.65. The van der Waals surface area contributed by atoms with Crippen molar-refractivity contribution in [1.29, 1.82) is 0 Å². The molecule has 0 aliphatic rings. The summed E-state index contributed by atoms with van der Waals surface area (Å²) in [6.45, 7) is 1.40. The molecule has 8 heteroatoms. The smallest absolute Gasteiger partial charge is 0.429 e. The normalized spacial score (nSPS) is 12.4. The SMILES string of the molecule is Cc1cc([N+](=O)[O-])cnc1OC(c1ccc(-c2ccccc2)cc1)C(F)(F)F. The second kappa shape index (κ2) is 7.67. The summed E-state index contributed by atoms with van der Waals surface area (Å²) in [5.74, 6) is -0.305. The van der Waals surface area contributed by atoms with Crippen LogP contribution < -0.4 is 4.74 Å². The lowest BCUT2D eigenvalue weighted by Gasteiger charge is -2.22. The fourth-order valence-corrected chi connectivity index (χ4v) is 2.69. The lowest BCUT2D eigenvalue weighted by Crippen LogP contribution is -2.26. The van der Waals surface area contributed by atoms with Gasteiger partial charge < -0.3 is 4.74 Å². The first kappa shape index (κ1) is 19.3. The second-order valence-corrected chi connectivity index (χ2v) is 6.10. The van der Waals surface area contributed by atoms with Gasteiger partial charge in [-0.05, 0) is 18.1 Å². The van der Waals surface area contributed by atoms with Crippen molar-refractivity contribution < 1.29 is 22.8 Å². The maximum absolute atomic E-state index is 13.6. The molecule has 0 fully saturated rings. The molecular formula is C20H15F3N2O3. The zero-order valence-electron chi connectivity index (χ0n) is 14.7. The zero-order valence-corrected chi connectivity index (χ0v) is 14.7. The molecule has 28 heavy (non-hydrogen) atoms. The van der Waals surface area contributed by atoms with Gasteiger partial charge in [-0.1, -0.05) is 54.6 Å². The lowest BCUT2D eigenvalue weighted by molar-refractivity contribution is -0.385. The zero-order chi connectivity index (χ0) is 20.3. The Balaban J connectivity index is 1.90. The third-order valence-electron chi connectivity index (χ3n) is 4.07. The first-order valence-electron chi connectivity index (χ1n) is 8.25. The van der Waals surface area contributed by atoms with E-state index in [4.69, 9.17) is 4.74 Å². The Bertz CT molecular complexity index is 974. The highest BCUT2D eigenvalue weighted by Gasteiger charge is 2.43. The number of aryl methyl sites for hydroxylation is 1. The Morgan fingerprint density at radius 2 is 1.64 bits per heavy atom. The molecule has 1 aromatic heterocycles. The van der Waals surface area contributed by atoms with E-state index in [0.717, 1.165) is 23.4 Å². The van der Waals surface area contributed by atoms with Gasteiger partial charge in [0.25, 0.3) is 5.69 Å². The summed E-state index contributed by atoms with van der Waals surface area (Å²) in [7, 11) is 0. The molecular weight excluding hydrogens is 373 g/mol. The fraction of sp³-hybridized carbons (Fsp3) is 0.150. The quantitative estimate of drug-likeness (QED) is 0.419. The Morgan fingerprint density at radius 3 is 2.18 bits per heavy atom. The molecule has 0 N–H and O–H groups in total. The molecule has 1 atom stereocenters. The van der Waals surface area contributed by atoms with Crippen LogP contribution in [0.1, 0.15) is 17.2 Å². The Morgan fingerprint density at radius 1 is 1.04 bits per heavy atom. The molecule has 0 saturated carbocycles. The minimum absolute atomic E-state index is 0.0910. The molecule has 0 amide bonds. The number of pyridine rings is 1. The maximum Gasteiger partial charge on any atom is 0.429 e. The third-order valence-corrected chi connectivity index (χ3v) is 4.07. The van der Waals surface area contributed by atoms with Crippen LogP contribution in [0.25, 0.3) is 11.1 Å². The van der Waals surface area contributed by atoms with Crippen molar-refractivity contribution >= 4 is 5.69 Å². The molecule has 0 saturated heterocycles. The number of nitro groups is 1. The molecule has 0 spiro atoms. The second-order valence-electron chi connectivity index (χ2n) is 6.10. The number of alkyl halides is 3. The van der Waals surface area contributed by atoms with Crippen LogP contribution in [0.2, 0.25) is 0 Å². The number of hydrogen-bond donors (Lipinski definition) is 0. The maximum atomic E-state index is 13.6. The highest BCUT2D eigenvalue weighted by molar-refractivity contribution is 5.63. The topological polar surface area (TPSA) is 65.3 Å². The summed E-state index contributed by atoms with van der Waals surface area (Å²) in [5.41, 5.74) is 1.39. The van der Waals surface area contributed by atoms with Gasteiger partial charge in [-0.15, -0.1) is 0 Å². The first-order valence-corrected chi connectivity index (χ1v) is 8.25. The molecule has 1 heterocycles.